The lowest BCUT2D eigenvalue weighted by Crippen LogP contribution is -2.26. The topological polar surface area (TPSA) is 67.3 Å². The van der Waals surface area contributed by atoms with Gasteiger partial charge in [-0.25, -0.2) is 9.78 Å². The first-order chi connectivity index (χ1) is 8.58. The summed E-state index contributed by atoms with van der Waals surface area (Å²) in [7, 11) is 0. The van der Waals surface area contributed by atoms with Gasteiger partial charge in [0.05, 0.1) is 6.54 Å². The Balaban J connectivity index is 2.12. The fraction of sp³-hybridized carbons (Fsp3) is 0.583. The zero-order valence-electron chi connectivity index (χ0n) is 10.9. The van der Waals surface area contributed by atoms with Gasteiger partial charge < -0.3 is 10.1 Å². The lowest BCUT2D eigenvalue weighted by molar-refractivity contribution is 0.181. The number of cyclic esters (lactones) is 1. The maximum Gasteiger partial charge on any atom is 0.415 e. The highest BCUT2D eigenvalue weighted by molar-refractivity contribution is 5.88. The van der Waals surface area contributed by atoms with Crippen LogP contribution in [0.4, 0.5) is 16.6 Å². The van der Waals surface area contributed by atoms with E-state index in [2.05, 4.69) is 36.1 Å². The summed E-state index contributed by atoms with van der Waals surface area (Å²) in [5.41, 5.74) is 0. The van der Waals surface area contributed by atoms with E-state index in [1.807, 2.05) is 0 Å². The molecule has 2 heterocycles. The van der Waals surface area contributed by atoms with Crippen LogP contribution in [-0.4, -0.2) is 35.3 Å². The molecule has 18 heavy (non-hydrogen) atoms. The Morgan fingerprint density at radius 3 is 2.83 bits per heavy atom. The minimum atomic E-state index is -0.350. The minimum absolute atomic E-state index is 0.269. The fourth-order valence-electron chi connectivity index (χ4n) is 1.54. The van der Waals surface area contributed by atoms with Crippen LogP contribution in [0.15, 0.2) is 12.3 Å². The molecule has 0 aliphatic carbocycles. The third-order valence-corrected chi connectivity index (χ3v) is 3.04. The lowest BCUT2D eigenvalue weighted by atomic mass is 10.1. The van der Waals surface area contributed by atoms with Crippen LogP contribution in [0.25, 0.3) is 0 Å². The SMILES string of the molecule is CC(C)[C@H](C)Nc1nccc(N2CCOC2=O)n1. The van der Waals surface area contributed by atoms with Gasteiger partial charge in [0, 0.05) is 12.2 Å². The summed E-state index contributed by atoms with van der Waals surface area (Å²) in [5, 5.41) is 3.22. The van der Waals surface area contributed by atoms with Crippen LogP contribution < -0.4 is 10.2 Å². The number of carbonyl (C=O) groups is 1. The minimum Gasteiger partial charge on any atom is -0.447 e. The van der Waals surface area contributed by atoms with E-state index in [0.29, 0.717) is 30.8 Å². The second-order valence-corrected chi connectivity index (χ2v) is 4.68. The van der Waals surface area contributed by atoms with Crippen molar-refractivity contribution < 1.29 is 9.53 Å². The first-order valence-electron chi connectivity index (χ1n) is 6.12. The van der Waals surface area contributed by atoms with E-state index in [0.717, 1.165) is 0 Å². The van der Waals surface area contributed by atoms with Crippen LogP contribution in [0.3, 0.4) is 0 Å². The number of amides is 1. The maximum absolute atomic E-state index is 11.4. The lowest BCUT2D eigenvalue weighted by Gasteiger charge is -2.18. The molecule has 0 spiro atoms. The summed E-state index contributed by atoms with van der Waals surface area (Å²) in [4.78, 5) is 21.4. The monoisotopic (exact) mass is 250 g/mol. The second kappa shape index (κ2) is 5.20. The Morgan fingerprint density at radius 2 is 2.22 bits per heavy atom. The molecule has 0 unspecified atom stereocenters. The molecule has 1 N–H and O–H groups in total. The van der Waals surface area contributed by atoms with E-state index < -0.39 is 0 Å². The van der Waals surface area contributed by atoms with Crippen molar-refractivity contribution >= 4 is 17.9 Å². The van der Waals surface area contributed by atoms with Crippen LogP contribution in [0.5, 0.6) is 0 Å². The van der Waals surface area contributed by atoms with Gasteiger partial charge in [-0.15, -0.1) is 0 Å². The van der Waals surface area contributed by atoms with Gasteiger partial charge in [0.15, 0.2) is 0 Å². The van der Waals surface area contributed by atoms with Crippen molar-refractivity contribution in [1.82, 2.24) is 9.97 Å². The number of aromatic nitrogens is 2. The van der Waals surface area contributed by atoms with Crippen LogP contribution in [0, 0.1) is 5.92 Å². The molecule has 0 aromatic carbocycles. The quantitative estimate of drug-likeness (QED) is 0.883. The molecule has 0 radical (unpaired) electrons. The van der Waals surface area contributed by atoms with Gasteiger partial charge >= 0.3 is 6.09 Å². The van der Waals surface area contributed by atoms with E-state index in [1.165, 1.54) is 4.90 Å². The van der Waals surface area contributed by atoms with Gasteiger partial charge in [0.25, 0.3) is 0 Å². The van der Waals surface area contributed by atoms with Crippen LogP contribution in [0.1, 0.15) is 20.8 Å². The van der Waals surface area contributed by atoms with Crippen molar-refractivity contribution in [2.24, 2.45) is 5.92 Å². The highest BCUT2D eigenvalue weighted by Crippen LogP contribution is 2.17. The molecule has 1 amide bonds. The predicted molar refractivity (Wildman–Crippen MR) is 68.6 cm³/mol. The summed E-state index contributed by atoms with van der Waals surface area (Å²) in [5.74, 6) is 1.59. The van der Waals surface area contributed by atoms with Gasteiger partial charge in [0.2, 0.25) is 5.95 Å². The third-order valence-electron chi connectivity index (χ3n) is 3.04. The number of hydrogen-bond donors (Lipinski definition) is 1. The number of nitrogens with one attached hydrogen (secondary N) is 1. The summed E-state index contributed by atoms with van der Waals surface area (Å²) in [6, 6.07) is 1.98. The number of rotatable bonds is 4. The largest absolute Gasteiger partial charge is 0.447 e. The van der Waals surface area contributed by atoms with Crippen molar-refractivity contribution in [2.75, 3.05) is 23.4 Å². The van der Waals surface area contributed by atoms with Crippen LogP contribution in [-0.2, 0) is 4.74 Å². The van der Waals surface area contributed by atoms with Gasteiger partial charge in [0.1, 0.15) is 12.4 Å². The summed E-state index contributed by atoms with van der Waals surface area (Å²) < 4.78 is 4.89. The maximum atomic E-state index is 11.4. The fourth-order valence-corrected chi connectivity index (χ4v) is 1.54. The molecule has 2 rings (SSSR count). The van der Waals surface area contributed by atoms with Crippen LogP contribution in [0.2, 0.25) is 0 Å². The number of hydrogen-bond acceptors (Lipinski definition) is 5. The summed E-state index contributed by atoms with van der Waals surface area (Å²) in [6.45, 7) is 7.27. The van der Waals surface area contributed by atoms with Crippen LogP contribution >= 0.6 is 0 Å². The molecular weight excluding hydrogens is 232 g/mol. The molecule has 1 fully saturated rings. The van der Waals surface area contributed by atoms with Gasteiger partial charge in [-0.05, 0) is 18.9 Å². The molecule has 1 aliphatic rings. The predicted octanol–water partition coefficient (Wildman–Crippen LogP) is 1.89. The summed E-state index contributed by atoms with van der Waals surface area (Å²) >= 11 is 0. The molecule has 6 heteroatoms. The molecule has 0 saturated carbocycles. The van der Waals surface area contributed by atoms with E-state index >= 15 is 0 Å². The molecule has 1 aliphatic heterocycles. The van der Waals surface area contributed by atoms with Crippen molar-refractivity contribution in [2.45, 2.75) is 26.8 Å². The molecule has 0 bridgehead atoms. The normalized spacial score (nSPS) is 16.9. The van der Waals surface area contributed by atoms with Gasteiger partial charge in [-0.3, -0.25) is 4.90 Å². The molecule has 1 atom stereocenters. The van der Waals surface area contributed by atoms with Crippen molar-refractivity contribution in [3.8, 4) is 0 Å². The van der Waals surface area contributed by atoms with E-state index in [1.54, 1.807) is 12.3 Å². The average Bonchev–Trinajstić information content (AvgIpc) is 2.75. The number of nitrogens with zero attached hydrogens (tertiary/aromatic N) is 3. The zero-order valence-corrected chi connectivity index (χ0v) is 10.9. The Labute approximate surface area is 106 Å². The first kappa shape index (κ1) is 12.6. The van der Waals surface area contributed by atoms with Crippen molar-refractivity contribution in [3.63, 3.8) is 0 Å². The average molecular weight is 250 g/mol. The van der Waals surface area contributed by atoms with E-state index in [9.17, 15) is 4.79 Å². The van der Waals surface area contributed by atoms with E-state index in [-0.39, 0.29) is 12.1 Å². The van der Waals surface area contributed by atoms with Gasteiger partial charge in [-0.2, -0.15) is 4.98 Å². The summed E-state index contributed by atoms with van der Waals surface area (Å²) in [6.07, 6.45) is 1.29. The smallest absolute Gasteiger partial charge is 0.415 e. The standard InChI is InChI=1S/C12H18N4O2/c1-8(2)9(3)14-11-13-5-4-10(15-11)16-6-7-18-12(16)17/h4-5,8-9H,6-7H2,1-3H3,(H,13,14,15)/t9-/m0/s1. The molecule has 6 nitrogen and oxygen atoms in total. The Bertz CT molecular complexity index is 436. The Hall–Kier alpha value is -1.85. The molecule has 1 aromatic rings. The van der Waals surface area contributed by atoms with Crippen molar-refractivity contribution in [1.29, 1.82) is 0 Å². The molecular formula is C12H18N4O2. The Morgan fingerprint density at radius 1 is 1.44 bits per heavy atom. The molecule has 98 valence electrons. The zero-order chi connectivity index (χ0) is 13.1. The highest BCUT2D eigenvalue weighted by atomic mass is 16.6. The molecule has 1 aromatic heterocycles. The number of carbonyl (C=O) groups excluding carboxylic acids is 1. The number of anilines is 2. The highest BCUT2D eigenvalue weighted by Gasteiger charge is 2.25. The third kappa shape index (κ3) is 2.69. The first-order valence-corrected chi connectivity index (χ1v) is 6.12. The van der Waals surface area contributed by atoms with Crippen molar-refractivity contribution in [3.05, 3.63) is 12.3 Å². The number of ether oxygens (including phenoxy) is 1. The molecule has 1 saturated heterocycles. The second-order valence-electron chi connectivity index (χ2n) is 4.68. The Kier molecular flexibility index (Phi) is 3.64. The van der Waals surface area contributed by atoms with Gasteiger partial charge in [-0.1, -0.05) is 13.8 Å². The van der Waals surface area contributed by atoms with E-state index in [4.69, 9.17) is 4.74 Å².